The first-order valence-electron chi connectivity index (χ1n) is 10.9. The van der Waals surface area contributed by atoms with Crippen molar-refractivity contribution in [2.75, 3.05) is 25.1 Å². The van der Waals surface area contributed by atoms with Crippen molar-refractivity contribution in [2.24, 2.45) is 0 Å². The van der Waals surface area contributed by atoms with Crippen molar-refractivity contribution in [3.8, 4) is 22.6 Å². The Hall–Kier alpha value is -3.46. The molecule has 0 saturated carbocycles. The van der Waals surface area contributed by atoms with Gasteiger partial charge in [0, 0.05) is 48.1 Å². The third kappa shape index (κ3) is 3.82. The lowest BCUT2D eigenvalue weighted by Crippen LogP contribution is -2.43. The summed E-state index contributed by atoms with van der Waals surface area (Å²) in [5.74, 6) is -1.16. The van der Waals surface area contributed by atoms with Crippen LogP contribution in [0.1, 0.15) is 24.9 Å². The second-order valence-electron chi connectivity index (χ2n) is 8.37. The Balaban J connectivity index is 1.64. The van der Waals surface area contributed by atoms with Crippen LogP contribution in [-0.4, -0.2) is 42.1 Å². The van der Waals surface area contributed by atoms with Gasteiger partial charge < -0.3 is 14.8 Å². The van der Waals surface area contributed by atoms with Crippen LogP contribution < -0.4 is 15.0 Å². The molecule has 5 rings (SSSR count). The highest BCUT2D eigenvalue weighted by atomic mass is 19.1. The predicted octanol–water partition coefficient (Wildman–Crippen LogP) is 4.67. The zero-order valence-electron chi connectivity index (χ0n) is 18.3. The van der Waals surface area contributed by atoms with E-state index in [1.807, 2.05) is 29.9 Å². The molecule has 2 aromatic carbocycles. The van der Waals surface area contributed by atoms with E-state index in [4.69, 9.17) is 9.47 Å². The summed E-state index contributed by atoms with van der Waals surface area (Å²) in [6.45, 7) is 3.65. The number of rotatable bonds is 4. The number of methoxy groups -OCH3 is 1. The maximum Gasteiger partial charge on any atom is 0.414 e. The summed E-state index contributed by atoms with van der Waals surface area (Å²) in [5, 5.41) is 7.71. The first kappa shape index (κ1) is 21.4. The first-order valence-corrected chi connectivity index (χ1v) is 10.9. The molecule has 7 nitrogen and oxygen atoms in total. The fourth-order valence-electron chi connectivity index (χ4n) is 4.33. The molecule has 1 fully saturated rings. The lowest BCUT2D eigenvalue weighted by molar-refractivity contribution is 0.175. The maximum absolute atomic E-state index is 14.5. The van der Waals surface area contributed by atoms with Gasteiger partial charge in [0.2, 0.25) is 0 Å². The number of anilines is 1. The number of hydrogen-bond donors (Lipinski definition) is 1. The molecule has 9 heteroatoms. The van der Waals surface area contributed by atoms with Crippen molar-refractivity contribution < 1.29 is 23.0 Å². The highest BCUT2D eigenvalue weighted by Crippen LogP contribution is 2.45. The fraction of sp³-hybridized carbons (Fsp3) is 0.333. The van der Waals surface area contributed by atoms with Crippen molar-refractivity contribution in [3.63, 3.8) is 0 Å². The van der Waals surface area contributed by atoms with Gasteiger partial charge in [-0.1, -0.05) is 0 Å². The van der Waals surface area contributed by atoms with Crippen LogP contribution in [0.25, 0.3) is 11.1 Å². The molecule has 2 aliphatic heterocycles. The van der Waals surface area contributed by atoms with Crippen molar-refractivity contribution >= 4 is 11.8 Å². The second-order valence-corrected chi connectivity index (χ2v) is 8.37. The second kappa shape index (κ2) is 8.47. The van der Waals surface area contributed by atoms with Crippen molar-refractivity contribution in [1.29, 1.82) is 0 Å². The third-order valence-electron chi connectivity index (χ3n) is 6.27. The molecule has 3 aromatic rings. The number of nitrogens with one attached hydrogen (secondary N) is 1. The molecule has 1 N–H and O–H groups in total. The number of halogens is 2. The summed E-state index contributed by atoms with van der Waals surface area (Å²) in [6, 6.07) is 7.11. The molecule has 0 spiro atoms. The molecule has 2 aliphatic rings. The zero-order chi connectivity index (χ0) is 23.1. The molecule has 33 heavy (non-hydrogen) atoms. The maximum atomic E-state index is 14.5. The number of benzene rings is 2. The number of amides is 1. The smallest absolute Gasteiger partial charge is 0.414 e. The zero-order valence-corrected chi connectivity index (χ0v) is 18.3. The number of carbonyl (C=O) groups is 1. The average Bonchev–Trinajstić information content (AvgIpc) is 3.23. The lowest BCUT2D eigenvalue weighted by Gasteiger charge is -2.35. The molecule has 172 valence electrons. The van der Waals surface area contributed by atoms with Crippen molar-refractivity contribution in [1.82, 2.24) is 15.1 Å². The van der Waals surface area contributed by atoms with Gasteiger partial charge in [-0.2, -0.15) is 5.10 Å². The van der Waals surface area contributed by atoms with Gasteiger partial charge in [0.1, 0.15) is 11.6 Å². The van der Waals surface area contributed by atoms with E-state index in [-0.39, 0.29) is 17.8 Å². The van der Waals surface area contributed by atoms with Crippen LogP contribution in [0.5, 0.6) is 11.5 Å². The summed E-state index contributed by atoms with van der Waals surface area (Å²) in [6.07, 6.45) is 4.51. The molecular formula is C24H24F2N4O3. The summed E-state index contributed by atoms with van der Waals surface area (Å²) in [5.41, 5.74) is 2.94. The number of carbonyl (C=O) groups excluding carboxylic acids is 1. The van der Waals surface area contributed by atoms with Gasteiger partial charge in [0.05, 0.1) is 25.0 Å². The summed E-state index contributed by atoms with van der Waals surface area (Å²) in [7, 11) is 1.34. The van der Waals surface area contributed by atoms with Crippen LogP contribution in [-0.2, 0) is 11.2 Å². The van der Waals surface area contributed by atoms with E-state index >= 15 is 0 Å². The topological polar surface area (TPSA) is 68.6 Å². The normalized spacial score (nSPS) is 17.9. The number of aromatic nitrogens is 2. The fourth-order valence-corrected chi connectivity index (χ4v) is 4.33. The molecule has 1 amide bonds. The van der Waals surface area contributed by atoms with Crippen LogP contribution >= 0.6 is 0 Å². The molecule has 0 unspecified atom stereocenters. The predicted molar refractivity (Wildman–Crippen MR) is 119 cm³/mol. The van der Waals surface area contributed by atoms with E-state index in [1.165, 1.54) is 13.2 Å². The van der Waals surface area contributed by atoms with Crippen LogP contribution in [0.15, 0.2) is 42.7 Å². The number of nitrogens with zero attached hydrogens (tertiary/aromatic N) is 3. The Kier molecular flexibility index (Phi) is 5.49. The summed E-state index contributed by atoms with van der Waals surface area (Å²) in [4.78, 5) is 14.1. The minimum absolute atomic E-state index is 0.0694. The first-order chi connectivity index (χ1) is 16.0. The van der Waals surface area contributed by atoms with E-state index in [2.05, 4.69) is 10.4 Å². The van der Waals surface area contributed by atoms with E-state index in [0.717, 1.165) is 41.9 Å². The summed E-state index contributed by atoms with van der Waals surface area (Å²) < 4.78 is 41.0. The van der Waals surface area contributed by atoms with Gasteiger partial charge in [-0.25, -0.2) is 13.6 Å². The molecule has 1 saturated heterocycles. The highest BCUT2D eigenvalue weighted by Gasteiger charge is 2.33. The molecule has 1 atom stereocenters. The van der Waals surface area contributed by atoms with Gasteiger partial charge in [-0.05, 0) is 44.0 Å². The van der Waals surface area contributed by atoms with Crippen LogP contribution in [0, 0.1) is 11.6 Å². The minimum atomic E-state index is -0.802. The van der Waals surface area contributed by atoms with Crippen LogP contribution in [0.4, 0.5) is 19.3 Å². The van der Waals surface area contributed by atoms with Gasteiger partial charge in [-0.15, -0.1) is 0 Å². The largest absolute Gasteiger partial charge is 0.453 e. The van der Waals surface area contributed by atoms with Gasteiger partial charge in [0.15, 0.2) is 11.6 Å². The molecule has 0 radical (unpaired) electrons. The Labute approximate surface area is 189 Å². The monoisotopic (exact) mass is 454 g/mol. The quantitative estimate of drug-likeness (QED) is 0.621. The molecular weight excluding hydrogens is 430 g/mol. The molecule has 3 heterocycles. The standard InChI is InChI=1S/C24H24F2N4O3/c1-14-3-5-19-21(30(14)24(31)32-2)7-6-18(15-10-28-29(13-15)17-11-27-12-17)23(19)33-22-8-4-16(25)9-20(22)26/h4,6-10,13-14,17,27H,3,5,11-12H2,1-2H3/t14-/m0/s1. The lowest BCUT2D eigenvalue weighted by atomic mass is 9.92. The van der Waals surface area contributed by atoms with Gasteiger partial charge in [-0.3, -0.25) is 9.58 Å². The van der Waals surface area contributed by atoms with E-state index < -0.39 is 17.7 Å². The van der Waals surface area contributed by atoms with E-state index in [9.17, 15) is 13.6 Å². The van der Waals surface area contributed by atoms with Crippen molar-refractivity contribution in [2.45, 2.75) is 31.8 Å². The summed E-state index contributed by atoms with van der Waals surface area (Å²) >= 11 is 0. The van der Waals surface area contributed by atoms with Crippen LogP contribution in [0.3, 0.4) is 0 Å². The number of hydrogen-bond acceptors (Lipinski definition) is 5. The van der Waals surface area contributed by atoms with Crippen molar-refractivity contribution in [3.05, 3.63) is 59.9 Å². The number of ether oxygens (including phenoxy) is 2. The highest BCUT2D eigenvalue weighted by molar-refractivity contribution is 5.92. The van der Waals surface area contributed by atoms with Gasteiger partial charge >= 0.3 is 6.09 Å². The van der Waals surface area contributed by atoms with Crippen LogP contribution in [0.2, 0.25) is 0 Å². The van der Waals surface area contributed by atoms with E-state index in [1.54, 1.807) is 11.1 Å². The molecule has 1 aromatic heterocycles. The third-order valence-corrected chi connectivity index (χ3v) is 6.27. The number of fused-ring (bicyclic) bond motifs is 1. The minimum Gasteiger partial charge on any atom is -0.453 e. The Morgan fingerprint density at radius 3 is 2.73 bits per heavy atom. The average molecular weight is 454 g/mol. The molecule has 0 bridgehead atoms. The van der Waals surface area contributed by atoms with E-state index in [0.29, 0.717) is 24.3 Å². The Morgan fingerprint density at radius 2 is 2.03 bits per heavy atom. The Morgan fingerprint density at radius 1 is 1.21 bits per heavy atom. The molecule has 0 aliphatic carbocycles. The Bertz CT molecular complexity index is 1210. The van der Waals surface area contributed by atoms with Gasteiger partial charge in [0.25, 0.3) is 0 Å². The SMILES string of the molecule is COC(=O)N1c2ccc(-c3cnn(C4CNC4)c3)c(Oc3ccc(F)cc3F)c2CC[C@@H]1C.